The summed E-state index contributed by atoms with van der Waals surface area (Å²) in [6.07, 6.45) is 3.42. The zero-order valence-electron chi connectivity index (χ0n) is 3.74. The first-order chi connectivity index (χ1) is 3.43. The highest BCUT2D eigenvalue weighted by Gasteiger charge is 1.76. The van der Waals surface area contributed by atoms with Gasteiger partial charge >= 0.3 is 0 Å². The van der Waals surface area contributed by atoms with Gasteiger partial charge in [-0.2, -0.15) is 4.73 Å². The Labute approximate surface area is 41.2 Å². The van der Waals surface area contributed by atoms with E-state index in [1.54, 1.807) is 12.4 Å². The number of hydrogen-bond donors (Lipinski definition) is 1. The molecule has 7 heavy (non-hydrogen) atoms. The second-order valence-electron chi connectivity index (χ2n) is 1.15. The minimum absolute atomic E-state index is 1.40. The lowest BCUT2D eigenvalue weighted by Crippen LogP contribution is -2.15. The molecule has 0 bridgehead atoms. The molecule has 38 valence electrons. The molecule has 0 aliphatic rings. The molecule has 0 atom stereocenters. The van der Waals surface area contributed by atoms with Crippen LogP contribution >= 0.6 is 0 Å². The number of aromatic nitrogens is 1. The van der Waals surface area contributed by atoms with Gasteiger partial charge in [0, 0.05) is 12.4 Å². The van der Waals surface area contributed by atoms with Gasteiger partial charge in [0.2, 0.25) is 0 Å². The standard InChI is InChI=1S/C4H6N2O/c5-7-6-3-1-2-4-6/h1-4H,5H2. The Morgan fingerprint density at radius 3 is 2.14 bits per heavy atom. The van der Waals surface area contributed by atoms with Crippen molar-refractivity contribution in [3.63, 3.8) is 0 Å². The Hall–Kier alpha value is -0.960. The van der Waals surface area contributed by atoms with Gasteiger partial charge in [0.1, 0.15) is 0 Å². The average Bonchev–Trinajstić information content (AvgIpc) is 2.14. The number of nitrogens with zero attached hydrogens (tertiary/aromatic N) is 1. The third-order valence-corrected chi connectivity index (χ3v) is 0.699. The van der Waals surface area contributed by atoms with Gasteiger partial charge in [-0.3, -0.25) is 0 Å². The first-order valence-corrected chi connectivity index (χ1v) is 1.93. The van der Waals surface area contributed by atoms with E-state index in [0.29, 0.717) is 0 Å². The largest absolute Gasteiger partial charge is 0.322 e. The Bertz CT molecular complexity index is 124. The molecular weight excluding hydrogens is 92.1 g/mol. The smallest absolute Gasteiger partial charge is 0.0457 e. The summed E-state index contributed by atoms with van der Waals surface area (Å²) >= 11 is 0. The molecule has 0 spiro atoms. The van der Waals surface area contributed by atoms with Gasteiger partial charge in [-0.1, -0.05) is 0 Å². The highest BCUT2D eigenvalue weighted by molar-refractivity contribution is 4.87. The van der Waals surface area contributed by atoms with Gasteiger partial charge in [-0.25, -0.2) is 0 Å². The topological polar surface area (TPSA) is 40.2 Å². The van der Waals surface area contributed by atoms with Crippen LogP contribution in [0.4, 0.5) is 0 Å². The summed E-state index contributed by atoms with van der Waals surface area (Å²) in [5, 5.41) is 0. The van der Waals surface area contributed by atoms with E-state index in [9.17, 15) is 0 Å². The Morgan fingerprint density at radius 1 is 1.29 bits per heavy atom. The monoisotopic (exact) mass is 98.0 g/mol. The highest BCUT2D eigenvalue weighted by atomic mass is 16.8. The van der Waals surface area contributed by atoms with Gasteiger partial charge in [0.05, 0.1) is 0 Å². The van der Waals surface area contributed by atoms with Crippen LogP contribution in [0.25, 0.3) is 0 Å². The lowest BCUT2D eigenvalue weighted by atomic mass is 10.7. The minimum Gasteiger partial charge on any atom is -0.322 e. The molecule has 0 unspecified atom stereocenters. The van der Waals surface area contributed by atoms with Crippen LogP contribution < -0.4 is 10.8 Å². The molecule has 0 saturated carbocycles. The predicted octanol–water partition coefficient (Wildman–Crippen LogP) is -0.210. The summed E-state index contributed by atoms with van der Waals surface area (Å²) in [6.45, 7) is 0. The Balaban J connectivity index is 2.76. The van der Waals surface area contributed by atoms with Gasteiger partial charge < -0.3 is 4.94 Å². The summed E-state index contributed by atoms with van der Waals surface area (Å²) in [5.74, 6) is 4.76. The maximum absolute atomic E-state index is 4.76. The highest BCUT2D eigenvalue weighted by Crippen LogP contribution is 1.81. The van der Waals surface area contributed by atoms with Gasteiger partial charge in [-0.15, -0.1) is 5.90 Å². The molecule has 1 heterocycles. The number of nitrogens with two attached hydrogens (primary N) is 1. The fourth-order valence-electron chi connectivity index (χ4n) is 0.389. The van der Waals surface area contributed by atoms with E-state index in [-0.39, 0.29) is 0 Å². The first-order valence-electron chi connectivity index (χ1n) is 1.93. The summed E-state index contributed by atoms with van der Waals surface area (Å²) in [5.41, 5.74) is 0. The van der Waals surface area contributed by atoms with Crippen molar-refractivity contribution in [2.75, 3.05) is 0 Å². The van der Waals surface area contributed by atoms with E-state index in [1.165, 1.54) is 4.73 Å². The van der Waals surface area contributed by atoms with Crippen LogP contribution in [-0.4, -0.2) is 4.73 Å². The molecule has 3 heteroatoms. The van der Waals surface area contributed by atoms with Gasteiger partial charge in [0.15, 0.2) is 0 Å². The molecule has 0 aliphatic carbocycles. The predicted molar refractivity (Wildman–Crippen MR) is 25.2 cm³/mol. The van der Waals surface area contributed by atoms with Crippen molar-refractivity contribution in [3.05, 3.63) is 24.5 Å². The van der Waals surface area contributed by atoms with Crippen LogP contribution in [0.5, 0.6) is 0 Å². The molecular formula is C4H6N2O. The van der Waals surface area contributed by atoms with E-state index in [1.807, 2.05) is 12.1 Å². The molecule has 3 nitrogen and oxygen atoms in total. The lowest BCUT2D eigenvalue weighted by Gasteiger charge is -1.92. The van der Waals surface area contributed by atoms with E-state index >= 15 is 0 Å². The van der Waals surface area contributed by atoms with E-state index in [4.69, 9.17) is 5.90 Å². The fraction of sp³-hybridized carbons (Fsp3) is 0. The van der Waals surface area contributed by atoms with Crippen molar-refractivity contribution in [2.24, 2.45) is 5.90 Å². The van der Waals surface area contributed by atoms with E-state index in [0.717, 1.165) is 0 Å². The first kappa shape index (κ1) is 4.21. The van der Waals surface area contributed by atoms with Crippen molar-refractivity contribution >= 4 is 0 Å². The Morgan fingerprint density at radius 2 is 1.86 bits per heavy atom. The summed E-state index contributed by atoms with van der Waals surface area (Å²) in [4.78, 5) is 4.27. The lowest BCUT2D eigenvalue weighted by molar-refractivity contribution is 0.113. The molecule has 1 rings (SSSR count). The van der Waals surface area contributed by atoms with Crippen molar-refractivity contribution in [2.45, 2.75) is 0 Å². The minimum atomic E-state index is 1.40. The van der Waals surface area contributed by atoms with Crippen LogP contribution in [0.3, 0.4) is 0 Å². The van der Waals surface area contributed by atoms with Gasteiger partial charge in [-0.05, 0) is 12.1 Å². The van der Waals surface area contributed by atoms with Crippen LogP contribution in [0.1, 0.15) is 0 Å². The third kappa shape index (κ3) is 0.721. The van der Waals surface area contributed by atoms with Crippen molar-refractivity contribution in [1.82, 2.24) is 4.73 Å². The molecule has 2 N–H and O–H groups in total. The summed E-state index contributed by atoms with van der Waals surface area (Å²) < 4.78 is 1.40. The summed E-state index contributed by atoms with van der Waals surface area (Å²) in [6, 6.07) is 3.65. The molecule has 0 aromatic carbocycles. The SMILES string of the molecule is NOn1cccc1. The number of hydrogen-bond acceptors (Lipinski definition) is 2. The molecule has 1 aromatic heterocycles. The molecule has 0 radical (unpaired) electrons. The zero-order chi connectivity index (χ0) is 5.11. The van der Waals surface area contributed by atoms with Gasteiger partial charge in [0.25, 0.3) is 0 Å². The van der Waals surface area contributed by atoms with Crippen LogP contribution in [-0.2, 0) is 0 Å². The van der Waals surface area contributed by atoms with Crippen molar-refractivity contribution < 1.29 is 4.94 Å². The van der Waals surface area contributed by atoms with Crippen molar-refractivity contribution in [3.8, 4) is 0 Å². The van der Waals surface area contributed by atoms with Crippen LogP contribution in [0.15, 0.2) is 24.5 Å². The van der Waals surface area contributed by atoms with Crippen LogP contribution in [0.2, 0.25) is 0 Å². The third-order valence-electron chi connectivity index (χ3n) is 0.699. The molecule has 0 saturated heterocycles. The average molecular weight is 98.1 g/mol. The second-order valence-corrected chi connectivity index (χ2v) is 1.15. The molecule has 0 aliphatic heterocycles. The maximum Gasteiger partial charge on any atom is 0.0457 e. The normalized spacial score (nSPS) is 8.71. The quantitative estimate of drug-likeness (QED) is 0.494. The molecule has 0 amide bonds. The van der Waals surface area contributed by atoms with Crippen molar-refractivity contribution in [1.29, 1.82) is 0 Å². The zero-order valence-corrected chi connectivity index (χ0v) is 3.74. The van der Waals surface area contributed by atoms with E-state index < -0.39 is 0 Å². The summed E-state index contributed by atoms with van der Waals surface area (Å²) in [7, 11) is 0. The number of rotatable bonds is 1. The van der Waals surface area contributed by atoms with E-state index in [2.05, 4.69) is 4.94 Å². The fourth-order valence-corrected chi connectivity index (χ4v) is 0.389. The molecule has 0 fully saturated rings. The second kappa shape index (κ2) is 1.66. The Kier molecular flexibility index (Phi) is 0.997. The maximum atomic E-state index is 4.76. The van der Waals surface area contributed by atoms with Crippen LogP contribution in [0, 0.1) is 0 Å². The molecule has 1 aromatic rings.